The van der Waals surface area contributed by atoms with Gasteiger partial charge in [0.1, 0.15) is 0 Å². The Balaban J connectivity index is 4.48. The quantitative estimate of drug-likeness (QED) is 0.628. The van der Waals surface area contributed by atoms with Crippen LogP contribution in [0.3, 0.4) is 0 Å². The summed E-state index contributed by atoms with van der Waals surface area (Å²) in [5.74, 6) is 2.22. The molecule has 0 aliphatic carbocycles. The summed E-state index contributed by atoms with van der Waals surface area (Å²) in [6, 6.07) is 0. The second-order valence-electron chi connectivity index (χ2n) is 2.40. The molecule has 12 heavy (non-hydrogen) atoms. The fourth-order valence-electron chi connectivity index (χ4n) is 0.552. The lowest BCUT2D eigenvalue weighted by atomic mass is 10.4. The summed E-state index contributed by atoms with van der Waals surface area (Å²) in [5, 5.41) is 0. The fraction of sp³-hybridized carbons (Fsp3) is 0.600. The molecule has 0 bridgehead atoms. The first-order valence-electron chi connectivity index (χ1n) is 4.15. The molecule has 0 fully saturated rings. The van der Waals surface area contributed by atoms with Gasteiger partial charge in [-0.15, -0.1) is 23.5 Å². The summed E-state index contributed by atoms with van der Waals surface area (Å²) in [4.78, 5) is 0. The van der Waals surface area contributed by atoms with Gasteiger partial charge in [-0.05, 0) is 36.7 Å². The molecule has 0 saturated carbocycles. The molecule has 0 radical (unpaired) electrons. The van der Waals surface area contributed by atoms with Gasteiger partial charge in [-0.1, -0.05) is 19.6 Å². The van der Waals surface area contributed by atoms with Crippen LogP contribution in [0.4, 0.5) is 0 Å². The van der Waals surface area contributed by atoms with Gasteiger partial charge in [-0.2, -0.15) is 0 Å². The van der Waals surface area contributed by atoms with Crippen molar-refractivity contribution in [1.82, 2.24) is 0 Å². The summed E-state index contributed by atoms with van der Waals surface area (Å²) < 4.78 is 1.25. The van der Waals surface area contributed by atoms with E-state index in [-0.39, 0.29) is 0 Å². The minimum atomic E-state index is 1.11. The number of rotatable bonds is 4. The molecule has 0 aliphatic heterocycles. The highest BCUT2D eigenvalue weighted by Gasteiger charge is 1.92. The molecule has 0 aliphatic rings. The molecule has 0 spiro atoms. The maximum atomic E-state index is 3.18. The van der Waals surface area contributed by atoms with Crippen LogP contribution in [0.15, 0.2) is 21.3 Å². The number of hydrogen-bond acceptors (Lipinski definition) is 2. The predicted molar refractivity (Wildman–Crippen MR) is 61.7 cm³/mol. The molecule has 2 heteroatoms. The lowest BCUT2D eigenvalue weighted by Crippen LogP contribution is -1.71. The molecular formula is C10H16S2. The molecule has 0 heterocycles. The van der Waals surface area contributed by atoms with Crippen molar-refractivity contribution in [3.8, 4) is 0 Å². The highest BCUT2D eigenvalue weighted by Crippen LogP contribution is 2.26. The van der Waals surface area contributed by atoms with Crippen LogP contribution in [-0.4, -0.2) is 11.5 Å². The molecular weight excluding hydrogens is 184 g/mol. The zero-order valence-electron chi connectivity index (χ0n) is 8.23. The van der Waals surface area contributed by atoms with E-state index in [0.29, 0.717) is 0 Å². The summed E-state index contributed by atoms with van der Waals surface area (Å²) in [7, 11) is 0. The second-order valence-corrected chi connectivity index (χ2v) is 5.21. The molecule has 0 atom stereocenters. The van der Waals surface area contributed by atoms with Crippen LogP contribution in [0, 0.1) is 0 Å². The Kier molecular flexibility index (Phi) is 7.64. The van der Waals surface area contributed by atoms with Crippen molar-refractivity contribution in [1.29, 1.82) is 0 Å². The van der Waals surface area contributed by atoms with E-state index in [4.69, 9.17) is 0 Å². The first kappa shape index (κ1) is 12.0. The minimum Gasteiger partial charge on any atom is -0.111 e. The van der Waals surface area contributed by atoms with E-state index in [0.717, 1.165) is 11.5 Å². The maximum Gasteiger partial charge on any atom is 0.0908 e. The molecule has 0 saturated heterocycles. The Bertz CT molecular complexity index is 204. The van der Waals surface area contributed by atoms with E-state index < -0.39 is 0 Å². The van der Waals surface area contributed by atoms with Crippen LogP contribution in [-0.2, 0) is 0 Å². The molecule has 68 valence electrons. The smallest absolute Gasteiger partial charge is 0.0908 e. The lowest BCUT2D eigenvalue weighted by Gasteiger charge is -1.96. The van der Waals surface area contributed by atoms with E-state index in [1.54, 1.807) is 0 Å². The standard InChI is InChI=1S/C10H16S2/c1-5-11-10(12-6-2)8-7-9(3)4/h5-6H2,1-4H3. The van der Waals surface area contributed by atoms with Gasteiger partial charge < -0.3 is 0 Å². The monoisotopic (exact) mass is 200 g/mol. The molecule has 0 unspecified atom stereocenters. The molecule has 0 nitrogen and oxygen atoms in total. The van der Waals surface area contributed by atoms with E-state index >= 15 is 0 Å². The highest BCUT2D eigenvalue weighted by molar-refractivity contribution is 8.22. The Morgan fingerprint density at radius 1 is 1.00 bits per heavy atom. The van der Waals surface area contributed by atoms with Crippen molar-refractivity contribution in [2.45, 2.75) is 27.7 Å². The van der Waals surface area contributed by atoms with E-state index in [1.807, 2.05) is 37.4 Å². The van der Waals surface area contributed by atoms with Gasteiger partial charge >= 0.3 is 0 Å². The zero-order valence-corrected chi connectivity index (χ0v) is 9.86. The Morgan fingerprint density at radius 2 is 1.50 bits per heavy atom. The van der Waals surface area contributed by atoms with Gasteiger partial charge in [0.2, 0.25) is 0 Å². The first-order chi connectivity index (χ1) is 5.70. The Morgan fingerprint density at radius 3 is 1.83 bits per heavy atom. The van der Waals surface area contributed by atoms with Crippen LogP contribution in [0.1, 0.15) is 27.7 Å². The van der Waals surface area contributed by atoms with Crippen molar-refractivity contribution < 1.29 is 0 Å². The first-order valence-corrected chi connectivity index (χ1v) is 6.12. The summed E-state index contributed by atoms with van der Waals surface area (Å²) in [5.41, 5.74) is 7.46. The number of allylic oxidation sites excluding steroid dienone is 1. The lowest BCUT2D eigenvalue weighted by molar-refractivity contribution is 1.41. The molecule has 0 aromatic rings. The van der Waals surface area contributed by atoms with Gasteiger partial charge in [0.05, 0.1) is 4.24 Å². The molecule has 0 aromatic heterocycles. The van der Waals surface area contributed by atoms with Crippen LogP contribution < -0.4 is 0 Å². The average Bonchev–Trinajstić information content (AvgIpc) is 2.01. The van der Waals surface area contributed by atoms with Crippen molar-refractivity contribution in [2.24, 2.45) is 0 Å². The van der Waals surface area contributed by atoms with Crippen LogP contribution in [0.25, 0.3) is 0 Å². The van der Waals surface area contributed by atoms with Gasteiger partial charge in [-0.3, -0.25) is 0 Å². The third-order valence-corrected chi connectivity index (χ3v) is 2.98. The van der Waals surface area contributed by atoms with Gasteiger partial charge in [0.25, 0.3) is 0 Å². The topological polar surface area (TPSA) is 0 Å². The van der Waals surface area contributed by atoms with Gasteiger partial charge in [-0.25, -0.2) is 0 Å². The van der Waals surface area contributed by atoms with E-state index in [9.17, 15) is 0 Å². The van der Waals surface area contributed by atoms with Crippen molar-refractivity contribution in [3.05, 3.63) is 21.3 Å². The Hall–Kier alpha value is -0.0000000000000000555. The van der Waals surface area contributed by atoms with E-state index in [1.165, 1.54) is 9.81 Å². The van der Waals surface area contributed by atoms with Crippen molar-refractivity contribution >= 4 is 23.5 Å². The zero-order chi connectivity index (χ0) is 9.40. The third-order valence-electron chi connectivity index (χ3n) is 0.965. The maximum absolute atomic E-state index is 3.18. The van der Waals surface area contributed by atoms with Crippen molar-refractivity contribution in [3.63, 3.8) is 0 Å². The summed E-state index contributed by atoms with van der Waals surface area (Å²) >= 11 is 3.67. The molecule has 0 rings (SSSR count). The highest BCUT2D eigenvalue weighted by atomic mass is 32.2. The van der Waals surface area contributed by atoms with Gasteiger partial charge in [0.15, 0.2) is 0 Å². The van der Waals surface area contributed by atoms with Gasteiger partial charge in [0, 0.05) is 0 Å². The largest absolute Gasteiger partial charge is 0.111 e. The predicted octanol–water partition coefficient (Wildman–Crippen LogP) is 4.05. The number of hydrogen-bond donors (Lipinski definition) is 0. The Labute approximate surface area is 84.2 Å². The van der Waals surface area contributed by atoms with E-state index in [2.05, 4.69) is 25.3 Å². The summed E-state index contributed by atoms with van der Waals surface area (Å²) in [6.45, 7) is 8.39. The summed E-state index contributed by atoms with van der Waals surface area (Å²) in [6.07, 6.45) is 0. The second kappa shape index (κ2) is 7.64. The van der Waals surface area contributed by atoms with Crippen LogP contribution in [0.2, 0.25) is 0 Å². The normalized spacial score (nSPS) is 8.67. The fourth-order valence-corrected chi connectivity index (χ4v) is 2.36. The SMILES string of the molecule is CCSC(=C=C=C(C)C)SCC. The molecule has 0 amide bonds. The third kappa shape index (κ3) is 6.69. The van der Waals surface area contributed by atoms with Crippen LogP contribution in [0.5, 0.6) is 0 Å². The van der Waals surface area contributed by atoms with Crippen molar-refractivity contribution in [2.75, 3.05) is 11.5 Å². The number of thioether (sulfide) groups is 2. The minimum absolute atomic E-state index is 1.11. The van der Waals surface area contributed by atoms with Crippen LogP contribution >= 0.6 is 23.5 Å². The molecule has 0 N–H and O–H groups in total. The molecule has 0 aromatic carbocycles. The average molecular weight is 200 g/mol.